The zero-order chi connectivity index (χ0) is 26.5. The number of tetrazole rings is 1. The average molecular weight is 524 g/mol. The molecule has 2 aromatic heterocycles. The lowest BCUT2D eigenvalue weighted by molar-refractivity contribution is -0.0384. The molecule has 2 aromatic carbocycles. The van der Waals surface area contributed by atoms with Crippen LogP contribution < -0.4 is 0 Å². The molecule has 1 fully saturated rings. The fourth-order valence-corrected chi connectivity index (χ4v) is 4.99. The van der Waals surface area contributed by atoms with Crippen molar-refractivity contribution in [1.82, 2.24) is 44.8 Å². The number of piperazine rings is 1. The van der Waals surface area contributed by atoms with E-state index in [2.05, 4.69) is 59.7 Å². The van der Waals surface area contributed by atoms with E-state index in [1.54, 1.807) is 6.92 Å². The number of halogens is 2. The van der Waals surface area contributed by atoms with Crippen LogP contribution in [-0.2, 0) is 25.1 Å². The van der Waals surface area contributed by atoms with Crippen LogP contribution in [0.5, 0.6) is 0 Å². The number of aliphatic hydroxyl groups is 1. The molecule has 3 heterocycles. The van der Waals surface area contributed by atoms with Crippen LogP contribution in [-0.4, -0.2) is 82.6 Å². The van der Waals surface area contributed by atoms with Crippen molar-refractivity contribution in [3.8, 4) is 0 Å². The lowest BCUT2D eigenvalue weighted by atomic mass is 9.86. The van der Waals surface area contributed by atoms with Gasteiger partial charge >= 0.3 is 0 Å². The molecule has 4 aromatic rings. The van der Waals surface area contributed by atoms with Crippen LogP contribution in [0, 0.1) is 11.6 Å². The Hall–Kier alpha value is -3.61. The summed E-state index contributed by atoms with van der Waals surface area (Å²) in [4.78, 5) is 8.73. The van der Waals surface area contributed by atoms with Crippen LogP contribution in [0.4, 0.5) is 8.78 Å². The number of hydrogen-bond acceptors (Lipinski definition) is 8. The van der Waals surface area contributed by atoms with E-state index in [1.807, 2.05) is 6.07 Å². The minimum absolute atomic E-state index is 0.0714. The minimum atomic E-state index is -1.83. The third kappa shape index (κ3) is 5.77. The number of benzene rings is 2. The van der Waals surface area contributed by atoms with Gasteiger partial charge in [0.15, 0.2) is 5.82 Å². The summed E-state index contributed by atoms with van der Waals surface area (Å²) in [6.07, 6.45) is 3.31. The van der Waals surface area contributed by atoms with Crippen LogP contribution in [0.15, 0.2) is 61.2 Å². The highest BCUT2D eigenvalue weighted by Crippen LogP contribution is 2.36. The first-order valence-corrected chi connectivity index (χ1v) is 12.7. The van der Waals surface area contributed by atoms with Crippen molar-refractivity contribution in [3.05, 3.63) is 89.8 Å². The fraction of sp³-hybridized carbons (Fsp3) is 0.423. The Morgan fingerprint density at radius 1 is 1.03 bits per heavy atom. The van der Waals surface area contributed by atoms with Crippen molar-refractivity contribution in [3.63, 3.8) is 0 Å². The number of nitrogens with zero attached hydrogens (tertiary/aromatic N) is 9. The maximum atomic E-state index is 14.9. The van der Waals surface area contributed by atoms with Gasteiger partial charge in [-0.25, -0.2) is 23.1 Å². The molecule has 38 heavy (non-hydrogen) atoms. The van der Waals surface area contributed by atoms with Crippen LogP contribution in [0.1, 0.15) is 29.9 Å². The summed E-state index contributed by atoms with van der Waals surface area (Å²) in [5, 5.41) is 28.1. The zero-order valence-corrected chi connectivity index (χ0v) is 21.2. The highest BCUT2D eigenvalue weighted by molar-refractivity contribution is 5.26. The monoisotopic (exact) mass is 523 g/mol. The molecule has 200 valence electrons. The smallest absolute Gasteiger partial charge is 0.153 e. The first-order chi connectivity index (χ1) is 18.4. The van der Waals surface area contributed by atoms with E-state index in [1.165, 1.54) is 33.6 Å². The summed E-state index contributed by atoms with van der Waals surface area (Å²) in [6, 6.07) is 12.8. The molecule has 1 aliphatic rings. The molecule has 0 radical (unpaired) electrons. The molecule has 0 bridgehead atoms. The van der Waals surface area contributed by atoms with E-state index in [4.69, 9.17) is 0 Å². The standard InChI is InChI=1S/C26H31F2N9O/c1-20(26(38,17-36-19-29-18-30-36)23-8-7-22(27)15-24(23)28)37-25(31-32-33-37)9-10-34-11-13-35(14-12-34)16-21-5-3-2-4-6-21/h2-8,15,18-20,38H,9-14,16-17H2,1H3. The van der Waals surface area contributed by atoms with Crippen molar-refractivity contribution in [2.75, 3.05) is 32.7 Å². The molecular weight excluding hydrogens is 492 g/mol. The molecule has 0 amide bonds. The van der Waals surface area contributed by atoms with Gasteiger partial charge in [-0.1, -0.05) is 36.4 Å². The van der Waals surface area contributed by atoms with Gasteiger partial charge in [-0.2, -0.15) is 5.10 Å². The Kier molecular flexibility index (Phi) is 7.82. The first-order valence-electron chi connectivity index (χ1n) is 12.7. The Labute approximate surface area is 219 Å². The van der Waals surface area contributed by atoms with Gasteiger partial charge in [-0.05, 0) is 29.0 Å². The molecule has 0 saturated carbocycles. The normalized spacial score (nSPS) is 17.4. The number of aromatic nitrogens is 7. The summed E-state index contributed by atoms with van der Waals surface area (Å²) < 4.78 is 31.5. The second-order valence-electron chi connectivity index (χ2n) is 9.71. The lowest BCUT2D eigenvalue weighted by Crippen LogP contribution is -2.46. The predicted molar refractivity (Wildman–Crippen MR) is 135 cm³/mol. The van der Waals surface area contributed by atoms with E-state index < -0.39 is 23.3 Å². The average Bonchev–Trinajstić information content (AvgIpc) is 3.60. The third-order valence-corrected chi connectivity index (χ3v) is 7.25. The Balaban J connectivity index is 1.27. The van der Waals surface area contributed by atoms with Gasteiger partial charge in [0.25, 0.3) is 0 Å². The van der Waals surface area contributed by atoms with E-state index >= 15 is 0 Å². The molecule has 5 rings (SSSR count). The molecule has 10 nitrogen and oxygen atoms in total. The molecule has 0 aliphatic carbocycles. The molecule has 0 spiro atoms. The SMILES string of the molecule is CC(n1nnnc1CCN1CCN(Cc2ccccc2)CC1)C(O)(Cn1cncn1)c1ccc(F)cc1F. The minimum Gasteiger partial charge on any atom is -0.381 e. The van der Waals surface area contributed by atoms with Crippen LogP contribution in [0.2, 0.25) is 0 Å². The lowest BCUT2D eigenvalue weighted by Gasteiger charge is -2.36. The van der Waals surface area contributed by atoms with E-state index in [0.29, 0.717) is 12.2 Å². The quantitative estimate of drug-likeness (QED) is 0.337. The van der Waals surface area contributed by atoms with Crippen LogP contribution in [0.3, 0.4) is 0 Å². The van der Waals surface area contributed by atoms with Gasteiger partial charge in [0.1, 0.15) is 29.9 Å². The zero-order valence-electron chi connectivity index (χ0n) is 21.2. The molecule has 2 unspecified atom stereocenters. The summed E-state index contributed by atoms with van der Waals surface area (Å²) >= 11 is 0. The predicted octanol–water partition coefficient (Wildman–Crippen LogP) is 2.05. The maximum Gasteiger partial charge on any atom is 0.153 e. The second-order valence-corrected chi connectivity index (χ2v) is 9.71. The third-order valence-electron chi connectivity index (χ3n) is 7.25. The van der Waals surface area contributed by atoms with Gasteiger partial charge in [-0.15, -0.1) is 5.10 Å². The highest BCUT2D eigenvalue weighted by atomic mass is 19.1. The van der Waals surface area contributed by atoms with Crippen LogP contribution >= 0.6 is 0 Å². The Morgan fingerprint density at radius 3 is 2.50 bits per heavy atom. The highest BCUT2D eigenvalue weighted by Gasteiger charge is 2.42. The summed E-state index contributed by atoms with van der Waals surface area (Å²) in [5.41, 5.74) is -0.596. The van der Waals surface area contributed by atoms with Crippen molar-refractivity contribution in [2.45, 2.75) is 38.1 Å². The molecular formula is C26H31F2N9O. The van der Waals surface area contributed by atoms with E-state index in [0.717, 1.165) is 51.4 Å². The van der Waals surface area contributed by atoms with Crippen LogP contribution in [0.25, 0.3) is 0 Å². The van der Waals surface area contributed by atoms with Crippen molar-refractivity contribution >= 4 is 0 Å². The van der Waals surface area contributed by atoms with E-state index in [9.17, 15) is 13.9 Å². The molecule has 2 atom stereocenters. The molecule has 12 heteroatoms. The van der Waals surface area contributed by atoms with Gasteiger partial charge < -0.3 is 10.0 Å². The van der Waals surface area contributed by atoms with E-state index in [-0.39, 0.29) is 12.1 Å². The fourth-order valence-electron chi connectivity index (χ4n) is 4.99. The largest absolute Gasteiger partial charge is 0.381 e. The second kappa shape index (κ2) is 11.4. The number of hydrogen-bond donors (Lipinski definition) is 1. The topological polar surface area (TPSA) is 101 Å². The molecule has 1 saturated heterocycles. The summed E-state index contributed by atoms with van der Waals surface area (Å²) in [7, 11) is 0. The van der Waals surface area contributed by atoms with Crippen molar-refractivity contribution in [1.29, 1.82) is 0 Å². The molecule has 1 aliphatic heterocycles. The summed E-state index contributed by atoms with van der Waals surface area (Å²) in [5.74, 6) is -1.01. The number of rotatable bonds is 10. The Morgan fingerprint density at radius 2 is 1.79 bits per heavy atom. The van der Waals surface area contributed by atoms with Gasteiger partial charge in [-0.3, -0.25) is 4.90 Å². The Bertz CT molecular complexity index is 1310. The van der Waals surface area contributed by atoms with Crippen molar-refractivity contribution in [2.24, 2.45) is 0 Å². The maximum absolute atomic E-state index is 14.9. The van der Waals surface area contributed by atoms with Gasteiger partial charge in [0.05, 0.1) is 12.6 Å². The first kappa shape index (κ1) is 26.0. The van der Waals surface area contributed by atoms with Gasteiger partial charge in [0, 0.05) is 57.3 Å². The summed E-state index contributed by atoms with van der Waals surface area (Å²) in [6.45, 7) is 7.08. The van der Waals surface area contributed by atoms with Crippen molar-refractivity contribution < 1.29 is 13.9 Å². The molecule has 1 N–H and O–H groups in total. The van der Waals surface area contributed by atoms with Gasteiger partial charge in [0.2, 0.25) is 0 Å².